The summed E-state index contributed by atoms with van der Waals surface area (Å²) in [6, 6.07) is 4.93. The molecule has 2 amide bonds. The molecule has 0 unspecified atom stereocenters. The second-order valence-corrected chi connectivity index (χ2v) is 6.21. The molecule has 0 saturated carbocycles. The minimum atomic E-state index is -0.537. The number of halogens is 3. The van der Waals surface area contributed by atoms with E-state index in [4.69, 9.17) is 33.7 Å². The number of rotatable bonds is 5. The summed E-state index contributed by atoms with van der Waals surface area (Å²) in [4.78, 5) is 25.7. The van der Waals surface area contributed by atoms with E-state index in [1.165, 1.54) is 4.90 Å². The molecule has 1 heterocycles. The van der Waals surface area contributed by atoms with E-state index in [0.717, 1.165) is 6.42 Å². The average molecular weight is 397 g/mol. The highest BCUT2D eigenvalue weighted by molar-refractivity contribution is 6.39. The summed E-state index contributed by atoms with van der Waals surface area (Å²) in [6.07, 6.45) is 0.740. The second kappa shape index (κ2) is 9.44. The van der Waals surface area contributed by atoms with Gasteiger partial charge in [-0.3, -0.25) is 9.59 Å². The van der Waals surface area contributed by atoms with Crippen LogP contribution in [-0.4, -0.2) is 49.1 Å². The van der Waals surface area contributed by atoms with Gasteiger partial charge in [-0.2, -0.15) is 0 Å². The zero-order valence-corrected chi connectivity index (χ0v) is 15.5. The third-order valence-corrected chi connectivity index (χ3v) is 4.26. The molecule has 1 aromatic rings. The molecule has 1 aliphatic rings. The fourth-order valence-electron chi connectivity index (χ4n) is 2.40. The Morgan fingerprint density at radius 2 is 1.96 bits per heavy atom. The first-order chi connectivity index (χ1) is 10.9. The molecule has 0 aliphatic carbocycles. The number of carbonyl (C=O) groups excluding carboxylic acids is 2. The van der Waals surface area contributed by atoms with E-state index in [-0.39, 0.29) is 36.9 Å². The zero-order valence-electron chi connectivity index (χ0n) is 13.1. The van der Waals surface area contributed by atoms with Gasteiger partial charge in [-0.1, -0.05) is 29.3 Å². The molecule has 0 aromatic heterocycles. The van der Waals surface area contributed by atoms with Crippen molar-refractivity contribution in [2.75, 3.05) is 25.5 Å². The number of hydrogen-bond acceptors (Lipinski definition) is 4. The summed E-state index contributed by atoms with van der Waals surface area (Å²) in [5.41, 5.74) is 5.86. The summed E-state index contributed by atoms with van der Waals surface area (Å²) in [5.74, 6) is -0.620. The van der Waals surface area contributed by atoms with Crippen LogP contribution >= 0.6 is 35.6 Å². The van der Waals surface area contributed by atoms with Crippen LogP contribution in [0.4, 0.5) is 5.69 Å². The molecule has 2 rings (SSSR count). The Morgan fingerprint density at radius 1 is 1.33 bits per heavy atom. The van der Waals surface area contributed by atoms with Gasteiger partial charge in [0.25, 0.3) is 5.91 Å². The molecule has 1 aliphatic heterocycles. The molecule has 134 valence electrons. The predicted molar refractivity (Wildman–Crippen MR) is 96.9 cm³/mol. The van der Waals surface area contributed by atoms with E-state index in [9.17, 15) is 9.59 Å². The van der Waals surface area contributed by atoms with Crippen molar-refractivity contribution in [3.8, 4) is 0 Å². The van der Waals surface area contributed by atoms with Crippen LogP contribution in [0.15, 0.2) is 18.2 Å². The molecule has 3 N–H and O–H groups in total. The standard InChI is InChI=1S/C15H19Cl2N3O3.ClH/c1-20(15(22)12-6-5-9(7-18)23-12)8-13(21)19-14-10(16)3-2-4-11(14)17;/h2-4,9,12H,5-8,18H2,1H3,(H,19,21);1H/t9-,12+;/m1./s1. The molecule has 9 heteroatoms. The van der Waals surface area contributed by atoms with Gasteiger partial charge in [0.2, 0.25) is 5.91 Å². The fourth-order valence-corrected chi connectivity index (χ4v) is 2.89. The molecule has 2 atom stereocenters. The third-order valence-electron chi connectivity index (χ3n) is 3.63. The highest BCUT2D eigenvalue weighted by atomic mass is 35.5. The molecular weight excluding hydrogens is 377 g/mol. The lowest BCUT2D eigenvalue weighted by atomic mass is 10.2. The Hall–Kier alpha value is -1.05. The van der Waals surface area contributed by atoms with E-state index >= 15 is 0 Å². The Labute approximate surface area is 157 Å². The van der Waals surface area contributed by atoms with Gasteiger partial charge < -0.3 is 20.7 Å². The van der Waals surface area contributed by atoms with Crippen LogP contribution in [0.3, 0.4) is 0 Å². The van der Waals surface area contributed by atoms with E-state index in [1.807, 2.05) is 0 Å². The maximum absolute atomic E-state index is 12.3. The largest absolute Gasteiger partial charge is 0.364 e. The number of amides is 2. The summed E-state index contributed by atoms with van der Waals surface area (Å²) in [7, 11) is 1.55. The zero-order chi connectivity index (χ0) is 17.0. The average Bonchev–Trinajstić information content (AvgIpc) is 2.99. The van der Waals surface area contributed by atoms with Crippen LogP contribution < -0.4 is 11.1 Å². The Balaban J connectivity index is 0.00000288. The van der Waals surface area contributed by atoms with Crippen molar-refractivity contribution in [2.45, 2.75) is 25.0 Å². The molecule has 0 spiro atoms. The highest BCUT2D eigenvalue weighted by Crippen LogP contribution is 2.29. The normalized spacial score (nSPS) is 19.5. The summed E-state index contributed by atoms with van der Waals surface area (Å²) in [5, 5.41) is 3.29. The van der Waals surface area contributed by atoms with Crippen LogP contribution in [0.25, 0.3) is 0 Å². The maximum atomic E-state index is 12.3. The lowest BCUT2D eigenvalue weighted by Crippen LogP contribution is -2.41. The first-order valence-electron chi connectivity index (χ1n) is 7.26. The van der Waals surface area contributed by atoms with Gasteiger partial charge >= 0.3 is 0 Å². The van der Waals surface area contributed by atoms with Crippen molar-refractivity contribution >= 4 is 53.1 Å². The lowest BCUT2D eigenvalue weighted by molar-refractivity contribution is -0.143. The van der Waals surface area contributed by atoms with E-state index < -0.39 is 6.10 Å². The summed E-state index contributed by atoms with van der Waals surface area (Å²) in [6.45, 7) is 0.270. The Bertz CT molecular complexity index is 580. The monoisotopic (exact) mass is 395 g/mol. The minimum Gasteiger partial charge on any atom is -0.364 e. The van der Waals surface area contributed by atoms with Crippen molar-refractivity contribution < 1.29 is 14.3 Å². The van der Waals surface area contributed by atoms with Crippen LogP contribution in [0.1, 0.15) is 12.8 Å². The number of benzene rings is 1. The molecule has 0 bridgehead atoms. The van der Waals surface area contributed by atoms with Gasteiger partial charge in [0.05, 0.1) is 28.4 Å². The van der Waals surface area contributed by atoms with Crippen molar-refractivity contribution in [1.82, 2.24) is 4.90 Å². The minimum absolute atomic E-state index is 0. The lowest BCUT2D eigenvalue weighted by Gasteiger charge is -2.21. The van der Waals surface area contributed by atoms with Crippen LogP contribution in [0, 0.1) is 0 Å². The van der Waals surface area contributed by atoms with Crippen molar-refractivity contribution in [3.05, 3.63) is 28.2 Å². The van der Waals surface area contributed by atoms with Crippen molar-refractivity contribution in [1.29, 1.82) is 0 Å². The van der Waals surface area contributed by atoms with Gasteiger partial charge in [0, 0.05) is 13.6 Å². The van der Waals surface area contributed by atoms with Gasteiger partial charge in [-0.15, -0.1) is 12.4 Å². The quantitative estimate of drug-likeness (QED) is 0.800. The van der Waals surface area contributed by atoms with Gasteiger partial charge in [-0.25, -0.2) is 0 Å². The fraction of sp³-hybridized carbons (Fsp3) is 0.467. The number of nitrogens with two attached hydrogens (primary N) is 1. The Morgan fingerprint density at radius 3 is 2.50 bits per heavy atom. The molecular formula is C15H20Cl3N3O3. The SMILES string of the molecule is CN(CC(=O)Nc1c(Cl)cccc1Cl)C(=O)[C@@H]1CC[C@H](CN)O1.Cl. The topological polar surface area (TPSA) is 84.7 Å². The van der Waals surface area contributed by atoms with Crippen LogP contribution in [-0.2, 0) is 14.3 Å². The Kier molecular flexibility index (Phi) is 8.26. The molecule has 0 radical (unpaired) electrons. The summed E-state index contributed by atoms with van der Waals surface area (Å²) >= 11 is 12.0. The highest BCUT2D eigenvalue weighted by Gasteiger charge is 2.32. The number of hydrogen-bond donors (Lipinski definition) is 2. The number of anilines is 1. The van der Waals surface area contributed by atoms with Gasteiger partial charge in [-0.05, 0) is 25.0 Å². The summed E-state index contributed by atoms with van der Waals surface area (Å²) < 4.78 is 5.54. The van der Waals surface area contributed by atoms with Crippen molar-refractivity contribution in [3.63, 3.8) is 0 Å². The van der Waals surface area contributed by atoms with Crippen LogP contribution in [0.5, 0.6) is 0 Å². The van der Waals surface area contributed by atoms with Gasteiger partial charge in [0.1, 0.15) is 6.10 Å². The molecule has 24 heavy (non-hydrogen) atoms. The van der Waals surface area contributed by atoms with E-state index in [0.29, 0.717) is 28.7 Å². The first kappa shape index (κ1) is 21.0. The number of nitrogens with one attached hydrogen (secondary N) is 1. The third kappa shape index (κ3) is 5.22. The number of nitrogens with zero attached hydrogens (tertiary/aromatic N) is 1. The van der Waals surface area contributed by atoms with Gasteiger partial charge in [0.15, 0.2) is 0 Å². The molecule has 6 nitrogen and oxygen atoms in total. The molecule has 1 aromatic carbocycles. The maximum Gasteiger partial charge on any atom is 0.251 e. The number of ether oxygens (including phenoxy) is 1. The second-order valence-electron chi connectivity index (χ2n) is 5.40. The molecule has 1 saturated heterocycles. The van der Waals surface area contributed by atoms with E-state index in [1.54, 1.807) is 25.2 Å². The number of carbonyl (C=O) groups is 2. The first-order valence-corrected chi connectivity index (χ1v) is 8.02. The van der Waals surface area contributed by atoms with E-state index in [2.05, 4.69) is 5.32 Å². The van der Waals surface area contributed by atoms with Crippen molar-refractivity contribution in [2.24, 2.45) is 5.73 Å². The molecule has 1 fully saturated rings. The number of likely N-dealkylation sites (N-methyl/N-ethyl adjacent to an activating group) is 1. The number of para-hydroxylation sites is 1. The predicted octanol–water partition coefficient (Wildman–Crippen LogP) is 2.32. The van der Waals surface area contributed by atoms with Crippen LogP contribution in [0.2, 0.25) is 10.0 Å². The smallest absolute Gasteiger partial charge is 0.251 e.